The Morgan fingerprint density at radius 2 is 1.81 bits per heavy atom. The number of fused-ring (bicyclic) bond motifs is 2. The van der Waals surface area contributed by atoms with Crippen molar-refractivity contribution in [2.24, 2.45) is 0 Å². The highest BCUT2D eigenvalue weighted by Gasteiger charge is 2.42. The number of amides is 1. The molecular formula is C24H15BrFNO4. The monoisotopic (exact) mass is 479 g/mol. The normalized spacial score (nSPS) is 15.5. The average Bonchev–Trinajstić information content (AvgIpc) is 3.02. The Hall–Kier alpha value is -3.45. The zero-order chi connectivity index (χ0) is 21.7. The SMILES string of the molecule is O=C1c2oc3ccc(Br)cc3c(=O)c2[C@@H](c2cccc(O)c2)N1Cc1ccc(F)cc1. The molecule has 5 nitrogen and oxygen atoms in total. The van der Waals surface area contributed by atoms with Crippen molar-refractivity contribution < 1.29 is 18.7 Å². The lowest BCUT2D eigenvalue weighted by atomic mass is 9.98. The topological polar surface area (TPSA) is 70.8 Å². The number of halogens is 2. The number of phenols is 1. The molecule has 5 rings (SSSR count). The van der Waals surface area contributed by atoms with Gasteiger partial charge in [-0.05, 0) is 53.6 Å². The van der Waals surface area contributed by atoms with E-state index in [1.54, 1.807) is 42.5 Å². The zero-order valence-electron chi connectivity index (χ0n) is 16.0. The summed E-state index contributed by atoms with van der Waals surface area (Å²) in [5.41, 5.74) is 1.52. The summed E-state index contributed by atoms with van der Waals surface area (Å²) in [5, 5.41) is 10.4. The van der Waals surface area contributed by atoms with E-state index in [1.807, 2.05) is 0 Å². The van der Waals surface area contributed by atoms with E-state index in [1.165, 1.54) is 29.2 Å². The van der Waals surface area contributed by atoms with Crippen LogP contribution in [0.3, 0.4) is 0 Å². The number of phenolic OH excluding ortho intramolecular Hbond substituents is 1. The van der Waals surface area contributed by atoms with Crippen LogP contribution < -0.4 is 5.43 Å². The minimum atomic E-state index is -0.751. The van der Waals surface area contributed by atoms with Crippen LogP contribution >= 0.6 is 15.9 Å². The largest absolute Gasteiger partial charge is 0.508 e. The van der Waals surface area contributed by atoms with Gasteiger partial charge in [-0.3, -0.25) is 9.59 Å². The second-order valence-corrected chi connectivity index (χ2v) is 8.29. The molecule has 1 aromatic heterocycles. The summed E-state index contributed by atoms with van der Waals surface area (Å²) in [7, 11) is 0. The van der Waals surface area contributed by atoms with Gasteiger partial charge in [0.25, 0.3) is 5.91 Å². The summed E-state index contributed by atoms with van der Waals surface area (Å²) in [5.74, 6) is -0.809. The molecule has 4 aromatic rings. The number of benzene rings is 3. The molecule has 0 radical (unpaired) electrons. The zero-order valence-corrected chi connectivity index (χ0v) is 17.6. The molecule has 1 aliphatic heterocycles. The van der Waals surface area contributed by atoms with E-state index in [4.69, 9.17) is 4.42 Å². The van der Waals surface area contributed by atoms with Gasteiger partial charge in [0.1, 0.15) is 17.1 Å². The molecule has 1 amide bonds. The molecule has 0 aliphatic carbocycles. The number of hydrogen-bond donors (Lipinski definition) is 1. The summed E-state index contributed by atoms with van der Waals surface area (Å²) in [4.78, 5) is 28.3. The minimum absolute atomic E-state index is 0.0183. The third-order valence-electron chi connectivity index (χ3n) is 5.38. The van der Waals surface area contributed by atoms with E-state index in [0.29, 0.717) is 26.6 Å². The Morgan fingerprint density at radius 1 is 1.03 bits per heavy atom. The predicted molar refractivity (Wildman–Crippen MR) is 116 cm³/mol. The number of aromatic hydroxyl groups is 1. The molecule has 7 heteroatoms. The molecule has 1 atom stereocenters. The van der Waals surface area contributed by atoms with Gasteiger partial charge in [-0.15, -0.1) is 0 Å². The number of carbonyl (C=O) groups is 1. The van der Waals surface area contributed by atoms with Gasteiger partial charge in [-0.1, -0.05) is 40.2 Å². The van der Waals surface area contributed by atoms with E-state index in [9.17, 15) is 19.1 Å². The highest BCUT2D eigenvalue weighted by molar-refractivity contribution is 9.10. The number of nitrogens with zero attached hydrogens (tertiary/aromatic N) is 1. The van der Waals surface area contributed by atoms with Crippen molar-refractivity contribution >= 4 is 32.8 Å². The molecule has 1 aliphatic rings. The fraction of sp³-hybridized carbons (Fsp3) is 0.0833. The summed E-state index contributed by atoms with van der Waals surface area (Å²) in [6.07, 6.45) is 0. The standard InChI is InChI=1S/C24H15BrFNO4/c25-15-6-9-19-18(11-15)22(29)20-21(14-2-1-3-17(28)10-14)27(24(30)23(20)31-19)12-13-4-7-16(26)8-5-13/h1-11,21,28H,12H2/t21-/m1/s1. The van der Waals surface area contributed by atoms with Gasteiger partial charge >= 0.3 is 0 Å². The molecule has 31 heavy (non-hydrogen) atoms. The summed E-state index contributed by atoms with van der Waals surface area (Å²) in [6, 6.07) is 16.6. The van der Waals surface area contributed by atoms with Crippen LogP contribution in [0.2, 0.25) is 0 Å². The second-order valence-electron chi connectivity index (χ2n) is 7.37. The Kier molecular flexibility index (Phi) is 4.63. The van der Waals surface area contributed by atoms with E-state index < -0.39 is 11.9 Å². The molecule has 0 spiro atoms. The molecule has 0 bridgehead atoms. The average molecular weight is 480 g/mol. The van der Waals surface area contributed by atoms with Crippen LogP contribution in [-0.2, 0) is 6.54 Å². The van der Waals surface area contributed by atoms with Crippen molar-refractivity contribution in [1.29, 1.82) is 0 Å². The lowest BCUT2D eigenvalue weighted by Gasteiger charge is -2.25. The first-order valence-corrected chi connectivity index (χ1v) is 10.3. The van der Waals surface area contributed by atoms with E-state index in [2.05, 4.69) is 15.9 Å². The first-order chi connectivity index (χ1) is 14.9. The molecule has 0 fully saturated rings. The maximum Gasteiger partial charge on any atom is 0.291 e. The third-order valence-corrected chi connectivity index (χ3v) is 5.87. The van der Waals surface area contributed by atoms with Crippen LogP contribution in [0.1, 0.15) is 33.3 Å². The van der Waals surface area contributed by atoms with Crippen molar-refractivity contribution in [1.82, 2.24) is 4.90 Å². The maximum absolute atomic E-state index is 13.5. The quantitative estimate of drug-likeness (QED) is 0.441. The van der Waals surface area contributed by atoms with Crippen molar-refractivity contribution in [3.8, 4) is 5.75 Å². The molecule has 154 valence electrons. The van der Waals surface area contributed by atoms with Crippen LogP contribution in [0.25, 0.3) is 11.0 Å². The summed E-state index contributed by atoms with van der Waals surface area (Å²) in [6.45, 7) is 0.142. The summed E-state index contributed by atoms with van der Waals surface area (Å²) >= 11 is 3.37. The van der Waals surface area contributed by atoms with Gasteiger partial charge in [0.15, 0.2) is 5.43 Å². The van der Waals surface area contributed by atoms with Crippen LogP contribution in [0.4, 0.5) is 4.39 Å². The van der Waals surface area contributed by atoms with Crippen LogP contribution in [0.5, 0.6) is 5.75 Å². The highest BCUT2D eigenvalue weighted by Crippen LogP contribution is 2.40. The van der Waals surface area contributed by atoms with E-state index in [-0.39, 0.29) is 34.9 Å². The highest BCUT2D eigenvalue weighted by atomic mass is 79.9. The number of rotatable bonds is 3. The van der Waals surface area contributed by atoms with E-state index in [0.717, 1.165) is 0 Å². The molecule has 2 heterocycles. The van der Waals surface area contributed by atoms with Crippen molar-refractivity contribution in [3.05, 3.63) is 110 Å². The maximum atomic E-state index is 13.5. The lowest BCUT2D eigenvalue weighted by Crippen LogP contribution is -2.29. The molecule has 1 N–H and O–H groups in total. The van der Waals surface area contributed by atoms with Gasteiger partial charge in [0.05, 0.1) is 17.0 Å². The van der Waals surface area contributed by atoms with Gasteiger partial charge in [0.2, 0.25) is 5.76 Å². The van der Waals surface area contributed by atoms with Crippen LogP contribution in [-0.4, -0.2) is 15.9 Å². The van der Waals surface area contributed by atoms with Crippen LogP contribution in [0.15, 0.2) is 80.4 Å². The Bertz CT molecular complexity index is 1400. The molecule has 3 aromatic carbocycles. The third kappa shape index (κ3) is 3.31. The first kappa shape index (κ1) is 19.5. The van der Waals surface area contributed by atoms with Gasteiger partial charge in [-0.2, -0.15) is 0 Å². The summed E-state index contributed by atoms with van der Waals surface area (Å²) < 4.78 is 20.0. The number of hydrogen-bond acceptors (Lipinski definition) is 4. The minimum Gasteiger partial charge on any atom is -0.508 e. The second kappa shape index (κ2) is 7.35. The molecule has 0 saturated heterocycles. The fourth-order valence-electron chi connectivity index (χ4n) is 3.98. The van der Waals surface area contributed by atoms with Crippen LogP contribution in [0, 0.1) is 5.82 Å². The molecular weight excluding hydrogens is 465 g/mol. The van der Waals surface area contributed by atoms with Gasteiger partial charge in [0, 0.05) is 11.0 Å². The Morgan fingerprint density at radius 3 is 2.55 bits per heavy atom. The predicted octanol–water partition coefficient (Wildman–Crippen LogP) is 5.15. The van der Waals surface area contributed by atoms with Gasteiger partial charge in [-0.25, -0.2) is 4.39 Å². The van der Waals surface area contributed by atoms with Gasteiger partial charge < -0.3 is 14.4 Å². The van der Waals surface area contributed by atoms with Crippen molar-refractivity contribution in [2.45, 2.75) is 12.6 Å². The smallest absolute Gasteiger partial charge is 0.291 e. The van der Waals surface area contributed by atoms with Crippen molar-refractivity contribution in [2.75, 3.05) is 0 Å². The lowest BCUT2D eigenvalue weighted by molar-refractivity contribution is 0.0714. The Balaban J connectivity index is 1.73. The number of carbonyl (C=O) groups excluding carboxylic acids is 1. The molecule has 0 saturated carbocycles. The fourth-order valence-corrected chi connectivity index (χ4v) is 4.34. The molecule has 0 unspecified atom stereocenters. The van der Waals surface area contributed by atoms with Crippen molar-refractivity contribution in [3.63, 3.8) is 0 Å². The van der Waals surface area contributed by atoms with E-state index >= 15 is 0 Å². The Labute approximate surface area is 184 Å². The first-order valence-electron chi connectivity index (χ1n) is 9.53.